The zero-order valence-electron chi connectivity index (χ0n) is 25.5. The van der Waals surface area contributed by atoms with E-state index in [0.29, 0.717) is 31.4 Å². The van der Waals surface area contributed by atoms with Crippen molar-refractivity contribution in [2.75, 3.05) is 6.61 Å². The predicted molar refractivity (Wildman–Crippen MR) is 151 cm³/mol. The Morgan fingerprint density at radius 1 is 0.833 bits per heavy atom. The van der Waals surface area contributed by atoms with Crippen LogP contribution in [0.2, 0.25) is 0 Å². The van der Waals surface area contributed by atoms with E-state index in [2.05, 4.69) is 20.8 Å². The topological polar surface area (TPSA) is 114 Å². The first kappa shape index (κ1) is 30.3. The molecule has 0 spiro atoms. The lowest BCUT2D eigenvalue weighted by atomic mass is 9.47. The molecule has 0 unspecified atom stereocenters. The molecule has 4 aliphatic rings. The van der Waals surface area contributed by atoms with Crippen molar-refractivity contribution in [3.63, 3.8) is 0 Å². The molecule has 1 saturated heterocycles. The first-order valence-electron chi connectivity index (χ1n) is 14.8. The van der Waals surface area contributed by atoms with Crippen LogP contribution in [0, 0.1) is 28.6 Å². The Labute approximate surface area is 247 Å². The van der Waals surface area contributed by atoms with E-state index in [4.69, 9.17) is 23.7 Å². The van der Waals surface area contributed by atoms with Crippen LogP contribution >= 0.6 is 0 Å². The molecule has 1 heterocycles. The van der Waals surface area contributed by atoms with Crippen molar-refractivity contribution in [2.24, 2.45) is 28.6 Å². The van der Waals surface area contributed by atoms with Gasteiger partial charge in [0.15, 0.2) is 0 Å². The van der Waals surface area contributed by atoms with Gasteiger partial charge in [-0.1, -0.05) is 39.0 Å². The second kappa shape index (κ2) is 11.1. The molecule has 1 aliphatic heterocycles. The Hall–Kier alpha value is -3.20. The third-order valence-electron chi connectivity index (χ3n) is 10.3. The molecule has 2 saturated carbocycles. The van der Waals surface area contributed by atoms with Crippen molar-refractivity contribution in [1.82, 2.24) is 0 Å². The highest BCUT2D eigenvalue weighted by molar-refractivity contribution is 5.89. The Balaban J connectivity index is 1.72. The van der Waals surface area contributed by atoms with Crippen LogP contribution in [0.3, 0.4) is 0 Å². The number of carbonyl (C=O) groups is 4. The quantitative estimate of drug-likeness (QED) is 0.274. The molecule has 42 heavy (non-hydrogen) atoms. The molecule has 0 radical (unpaired) electrons. The van der Waals surface area contributed by atoms with Gasteiger partial charge >= 0.3 is 23.9 Å². The highest BCUT2D eigenvalue weighted by atomic mass is 16.6. The summed E-state index contributed by atoms with van der Waals surface area (Å²) in [5.74, 6) is -2.27. The molecule has 0 N–H and O–H groups in total. The molecule has 2 bridgehead atoms. The van der Waals surface area contributed by atoms with Gasteiger partial charge in [-0.05, 0) is 48.5 Å². The van der Waals surface area contributed by atoms with Gasteiger partial charge in [0, 0.05) is 50.4 Å². The van der Waals surface area contributed by atoms with Crippen LogP contribution < -0.4 is 0 Å². The second-order valence-corrected chi connectivity index (χ2v) is 13.2. The van der Waals surface area contributed by atoms with E-state index in [1.165, 1.54) is 20.8 Å². The number of carbonyl (C=O) groups excluding carboxylic acids is 4. The monoisotopic (exact) mass is 582 g/mol. The predicted octanol–water partition coefficient (Wildman–Crippen LogP) is 4.81. The van der Waals surface area contributed by atoms with Gasteiger partial charge in [-0.15, -0.1) is 0 Å². The number of esters is 4. The normalized spacial score (nSPS) is 36.5. The van der Waals surface area contributed by atoms with Crippen molar-refractivity contribution >= 4 is 23.9 Å². The molecule has 9 atom stereocenters. The minimum absolute atomic E-state index is 0.0323. The van der Waals surface area contributed by atoms with Gasteiger partial charge in [-0.2, -0.15) is 0 Å². The Morgan fingerprint density at radius 2 is 1.45 bits per heavy atom. The smallest absolute Gasteiger partial charge is 0.338 e. The van der Waals surface area contributed by atoms with Gasteiger partial charge in [0.05, 0.1) is 18.3 Å². The molecule has 228 valence electrons. The molecular formula is C33H42O9. The van der Waals surface area contributed by atoms with Gasteiger partial charge in [-0.3, -0.25) is 14.4 Å². The third kappa shape index (κ3) is 5.25. The fourth-order valence-electron chi connectivity index (χ4n) is 8.48. The van der Waals surface area contributed by atoms with Gasteiger partial charge in [-0.25, -0.2) is 4.79 Å². The number of fused-ring (bicyclic) bond motifs is 5. The first-order chi connectivity index (χ1) is 19.7. The number of rotatable bonds is 5. The maximum Gasteiger partial charge on any atom is 0.338 e. The van der Waals surface area contributed by atoms with Gasteiger partial charge in [0.2, 0.25) is 0 Å². The third-order valence-corrected chi connectivity index (χ3v) is 10.3. The summed E-state index contributed by atoms with van der Waals surface area (Å²) in [5.41, 5.74) is 0.794. The molecule has 9 heteroatoms. The fourth-order valence-corrected chi connectivity index (χ4v) is 8.48. The largest absolute Gasteiger partial charge is 0.462 e. The van der Waals surface area contributed by atoms with E-state index in [1.807, 2.05) is 13.0 Å². The summed E-state index contributed by atoms with van der Waals surface area (Å²) in [6, 6.07) is 8.88. The first-order valence-corrected chi connectivity index (χ1v) is 14.8. The van der Waals surface area contributed by atoms with Crippen molar-refractivity contribution in [3.8, 4) is 0 Å². The molecule has 1 aromatic carbocycles. The Kier molecular flexibility index (Phi) is 8.02. The lowest BCUT2D eigenvalue weighted by molar-refractivity contribution is -0.265. The Morgan fingerprint density at radius 3 is 2.02 bits per heavy atom. The SMILES string of the molecule is CC(=O)O[C@H]1C[C@H]2[C@H](OC(=O)c3ccccc3)[C@@H]3[C@@H]4CO[C@@H]4C[C@H](OC(C)=O)[C@]3(C)C[C@H](OC(C)=O)C(=C1C)C2(C)C. The molecule has 0 aromatic heterocycles. The van der Waals surface area contributed by atoms with Crippen molar-refractivity contribution in [1.29, 1.82) is 0 Å². The van der Waals surface area contributed by atoms with Crippen LogP contribution in [-0.2, 0) is 38.1 Å². The van der Waals surface area contributed by atoms with E-state index in [0.717, 1.165) is 11.1 Å². The van der Waals surface area contributed by atoms with Crippen LogP contribution in [-0.4, -0.2) is 61.0 Å². The van der Waals surface area contributed by atoms with Gasteiger partial charge in [0.1, 0.15) is 24.4 Å². The zero-order valence-corrected chi connectivity index (χ0v) is 25.5. The summed E-state index contributed by atoms with van der Waals surface area (Å²) in [7, 11) is 0. The Bertz CT molecular complexity index is 1280. The highest BCUT2D eigenvalue weighted by Crippen LogP contribution is 2.62. The fraction of sp³-hybridized carbons (Fsp3) is 0.636. The van der Waals surface area contributed by atoms with E-state index in [1.54, 1.807) is 24.3 Å². The summed E-state index contributed by atoms with van der Waals surface area (Å²) < 4.78 is 30.5. The van der Waals surface area contributed by atoms with E-state index in [-0.39, 0.29) is 23.9 Å². The zero-order chi connectivity index (χ0) is 30.6. The number of benzene rings is 1. The van der Waals surface area contributed by atoms with Crippen LogP contribution in [0.1, 0.15) is 78.1 Å². The average Bonchev–Trinajstić information content (AvgIpc) is 2.87. The van der Waals surface area contributed by atoms with Crippen LogP contribution in [0.25, 0.3) is 0 Å². The number of hydrogen-bond donors (Lipinski definition) is 0. The molecule has 0 amide bonds. The second-order valence-electron chi connectivity index (χ2n) is 13.2. The minimum atomic E-state index is -0.729. The van der Waals surface area contributed by atoms with E-state index < -0.39 is 59.1 Å². The van der Waals surface area contributed by atoms with Crippen molar-refractivity contribution in [3.05, 3.63) is 47.0 Å². The summed E-state index contributed by atoms with van der Waals surface area (Å²) >= 11 is 0. The maximum atomic E-state index is 13.8. The summed E-state index contributed by atoms with van der Waals surface area (Å²) in [6.07, 6.45) is -1.31. The van der Waals surface area contributed by atoms with Crippen LogP contribution in [0.5, 0.6) is 0 Å². The molecule has 1 aromatic rings. The minimum Gasteiger partial charge on any atom is -0.462 e. The summed E-state index contributed by atoms with van der Waals surface area (Å²) in [6.45, 7) is 12.8. The lowest BCUT2D eigenvalue weighted by Gasteiger charge is -2.63. The summed E-state index contributed by atoms with van der Waals surface area (Å²) in [4.78, 5) is 51.0. The van der Waals surface area contributed by atoms with E-state index in [9.17, 15) is 19.2 Å². The van der Waals surface area contributed by atoms with Crippen molar-refractivity contribution < 1.29 is 42.9 Å². The average molecular weight is 583 g/mol. The van der Waals surface area contributed by atoms with Gasteiger partial charge in [0.25, 0.3) is 0 Å². The van der Waals surface area contributed by atoms with Crippen LogP contribution in [0.4, 0.5) is 0 Å². The van der Waals surface area contributed by atoms with Gasteiger partial charge < -0.3 is 23.7 Å². The molecule has 9 nitrogen and oxygen atoms in total. The standard InChI is InChI=1S/C33H42O9/c1-17-24(39-18(2)34)13-23-30(42-31(37)21-11-9-8-10-12-21)29-22-16-38-25(22)14-27(41-20(4)36)33(29,7)15-26(40-19(3)35)28(17)32(23,5)6/h8-12,22-27,29-30H,13-16H2,1-7H3/t22-,23+,24+,25-,26+,27+,29+,30+,33+/m1/s1. The molecule has 3 aliphatic carbocycles. The maximum absolute atomic E-state index is 13.8. The highest BCUT2D eigenvalue weighted by Gasteiger charge is 2.66. The molecule has 5 rings (SSSR count). The molecular weight excluding hydrogens is 540 g/mol. The van der Waals surface area contributed by atoms with Crippen LogP contribution in [0.15, 0.2) is 41.5 Å². The van der Waals surface area contributed by atoms with E-state index >= 15 is 0 Å². The summed E-state index contributed by atoms with van der Waals surface area (Å²) in [5, 5.41) is 0. The number of ether oxygens (including phenoxy) is 5. The lowest BCUT2D eigenvalue weighted by Crippen LogP contribution is -2.68. The van der Waals surface area contributed by atoms with Crippen molar-refractivity contribution in [2.45, 2.75) is 98.2 Å². The molecule has 3 fully saturated rings. The number of hydrogen-bond acceptors (Lipinski definition) is 9.